The standard InChI is InChI=1S/C20H22ClN3O4/c1-27-18-12-14(6-7-17(18)28-13-19(22)25)20(26)24-10-8-23(9-11-24)16-5-3-2-4-15(16)21/h2-7,12H,8-11,13H2,1H3,(H2,22,25). The fourth-order valence-electron chi connectivity index (χ4n) is 3.11. The lowest BCUT2D eigenvalue weighted by atomic mass is 10.1. The first-order valence-corrected chi connectivity index (χ1v) is 9.25. The fraction of sp³-hybridized carbons (Fsp3) is 0.300. The Kier molecular flexibility index (Phi) is 6.26. The molecule has 0 saturated carbocycles. The molecule has 0 bridgehead atoms. The van der Waals surface area contributed by atoms with Crippen LogP contribution in [0.25, 0.3) is 0 Å². The lowest BCUT2D eigenvalue weighted by molar-refractivity contribution is -0.119. The summed E-state index contributed by atoms with van der Waals surface area (Å²) in [4.78, 5) is 27.7. The van der Waals surface area contributed by atoms with Gasteiger partial charge in [0.1, 0.15) is 0 Å². The molecule has 2 amide bonds. The van der Waals surface area contributed by atoms with Gasteiger partial charge in [-0.15, -0.1) is 0 Å². The maximum absolute atomic E-state index is 12.9. The fourth-order valence-corrected chi connectivity index (χ4v) is 3.37. The van der Waals surface area contributed by atoms with Crippen molar-refractivity contribution in [3.63, 3.8) is 0 Å². The van der Waals surface area contributed by atoms with E-state index in [4.69, 9.17) is 26.8 Å². The van der Waals surface area contributed by atoms with Crippen LogP contribution in [0.1, 0.15) is 10.4 Å². The molecule has 7 nitrogen and oxygen atoms in total. The van der Waals surface area contributed by atoms with Crippen molar-refractivity contribution in [2.75, 3.05) is 44.8 Å². The summed E-state index contributed by atoms with van der Waals surface area (Å²) in [6.45, 7) is 2.32. The van der Waals surface area contributed by atoms with Crippen molar-refractivity contribution in [2.45, 2.75) is 0 Å². The molecule has 0 aromatic heterocycles. The number of halogens is 1. The number of anilines is 1. The van der Waals surface area contributed by atoms with Gasteiger partial charge in [0.05, 0.1) is 17.8 Å². The first kappa shape index (κ1) is 19.8. The molecule has 2 N–H and O–H groups in total. The molecular weight excluding hydrogens is 382 g/mol. The SMILES string of the molecule is COc1cc(C(=O)N2CCN(c3ccccc3Cl)CC2)ccc1OCC(N)=O. The van der Waals surface area contributed by atoms with Crippen LogP contribution in [0.15, 0.2) is 42.5 Å². The molecule has 1 heterocycles. The van der Waals surface area contributed by atoms with Gasteiger partial charge in [0.15, 0.2) is 18.1 Å². The molecule has 2 aromatic carbocycles. The first-order valence-electron chi connectivity index (χ1n) is 8.87. The molecule has 0 aliphatic carbocycles. The maximum Gasteiger partial charge on any atom is 0.255 e. The van der Waals surface area contributed by atoms with Crippen LogP contribution in [-0.2, 0) is 4.79 Å². The van der Waals surface area contributed by atoms with Gasteiger partial charge in [-0.25, -0.2) is 0 Å². The minimum absolute atomic E-state index is 0.0847. The van der Waals surface area contributed by atoms with Crippen LogP contribution in [-0.4, -0.2) is 56.6 Å². The number of carbonyl (C=O) groups excluding carboxylic acids is 2. The van der Waals surface area contributed by atoms with E-state index in [1.54, 1.807) is 23.1 Å². The van der Waals surface area contributed by atoms with Crippen LogP contribution in [0.2, 0.25) is 5.02 Å². The van der Waals surface area contributed by atoms with Crippen LogP contribution < -0.4 is 20.1 Å². The molecule has 28 heavy (non-hydrogen) atoms. The second-order valence-corrected chi connectivity index (χ2v) is 6.76. The third-order valence-corrected chi connectivity index (χ3v) is 4.86. The van der Waals surface area contributed by atoms with E-state index in [1.165, 1.54) is 7.11 Å². The largest absolute Gasteiger partial charge is 0.493 e. The van der Waals surface area contributed by atoms with E-state index in [2.05, 4.69) is 4.90 Å². The number of para-hydroxylation sites is 1. The van der Waals surface area contributed by atoms with Gasteiger partial charge in [-0.3, -0.25) is 9.59 Å². The van der Waals surface area contributed by atoms with E-state index < -0.39 is 5.91 Å². The Labute approximate surface area is 168 Å². The Morgan fingerprint density at radius 1 is 1.07 bits per heavy atom. The van der Waals surface area contributed by atoms with Crippen molar-refractivity contribution in [3.05, 3.63) is 53.1 Å². The number of amides is 2. The predicted molar refractivity (Wildman–Crippen MR) is 107 cm³/mol. The lowest BCUT2D eigenvalue weighted by Crippen LogP contribution is -2.48. The summed E-state index contributed by atoms with van der Waals surface area (Å²) < 4.78 is 10.6. The molecule has 0 atom stereocenters. The van der Waals surface area contributed by atoms with Gasteiger partial charge < -0.3 is 25.0 Å². The topological polar surface area (TPSA) is 85.1 Å². The van der Waals surface area contributed by atoms with E-state index in [0.29, 0.717) is 48.3 Å². The molecule has 0 radical (unpaired) electrons. The number of methoxy groups -OCH3 is 1. The van der Waals surface area contributed by atoms with Crippen molar-refractivity contribution in [1.29, 1.82) is 0 Å². The smallest absolute Gasteiger partial charge is 0.255 e. The Balaban J connectivity index is 1.66. The molecule has 1 saturated heterocycles. The molecule has 0 spiro atoms. The Morgan fingerprint density at radius 2 is 1.79 bits per heavy atom. The summed E-state index contributed by atoms with van der Waals surface area (Å²) in [5, 5.41) is 0.707. The van der Waals surface area contributed by atoms with Crippen LogP contribution in [0, 0.1) is 0 Å². The van der Waals surface area contributed by atoms with Gasteiger partial charge in [0.25, 0.3) is 11.8 Å². The third kappa shape index (κ3) is 4.48. The number of nitrogens with zero attached hydrogens (tertiary/aromatic N) is 2. The predicted octanol–water partition coefficient (Wildman–Crippen LogP) is 2.18. The van der Waals surface area contributed by atoms with E-state index in [1.807, 2.05) is 24.3 Å². The van der Waals surface area contributed by atoms with Crippen molar-refractivity contribution < 1.29 is 19.1 Å². The van der Waals surface area contributed by atoms with Crippen LogP contribution in [0.3, 0.4) is 0 Å². The van der Waals surface area contributed by atoms with Crippen molar-refractivity contribution in [3.8, 4) is 11.5 Å². The summed E-state index contributed by atoms with van der Waals surface area (Å²) in [6.07, 6.45) is 0. The van der Waals surface area contributed by atoms with Gasteiger partial charge in [-0.05, 0) is 30.3 Å². The Hall–Kier alpha value is -2.93. The number of hydrogen-bond acceptors (Lipinski definition) is 5. The monoisotopic (exact) mass is 403 g/mol. The van der Waals surface area contributed by atoms with Crippen molar-refractivity contribution in [2.24, 2.45) is 5.73 Å². The number of benzene rings is 2. The molecule has 1 aliphatic heterocycles. The Morgan fingerprint density at radius 3 is 2.43 bits per heavy atom. The van der Waals surface area contributed by atoms with Gasteiger partial charge in [-0.1, -0.05) is 23.7 Å². The minimum Gasteiger partial charge on any atom is -0.493 e. The van der Waals surface area contributed by atoms with Crippen molar-refractivity contribution in [1.82, 2.24) is 4.90 Å². The number of rotatable bonds is 6. The number of carbonyl (C=O) groups is 2. The van der Waals surface area contributed by atoms with Crippen LogP contribution in [0.4, 0.5) is 5.69 Å². The van der Waals surface area contributed by atoms with Gasteiger partial charge in [0, 0.05) is 31.7 Å². The van der Waals surface area contributed by atoms with Crippen LogP contribution in [0.5, 0.6) is 11.5 Å². The van der Waals surface area contributed by atoms with Crippen molar-refractivity contribution >= 4 is 29.1 Å². The zero-order chi connectivity index (χ0) is 20.1. The van der Waals surface area contributed by atoms with E-state index in [-0.39, 0.29) is 12.5 Å². The second kappa shape index (κ2) is 8.84. The normalized spacial score (nSPS) is 13.9. The summed E-state index contributed by atoms with van der Waals surface area (Å²) >= 11 is 6.27. The van der Waals surface area contributed by atoms with E-state index >= 15 is 0 Å². The van der Waals surface area contributed by atoms with Gasteiger partial charge >= 0.3 is 0 Å². The molecule has 1 aliphatic rings. The molecular formula is C20H22ClN3O4. The molecule has 0 unspecified atom stereocenters. The lowest BCUT2D eigenvalue weighted by Gasteiger charge is -2.36. The number of primary amides is 1. The molecule has 1 fully saturated rings. The molecule has 2 aromatic rings. The highest BCUT2D eigenvalue weighted by atomic mass is 35.5. The van der Waals surface area contributed by atoms with Gasteiger partial charge in [0.2, 0.25) is 0 Å². The average Bonchev–Trinajstić information content (AvgIpc) is 2.72. The molecule has 3 rings (SSSR count). The number of ether oxygens (including phenoxy) is 2. The summed E-state index contributed by atoms with van der Waals surface area (Å²) in [7, 11) is 1.48. The third-order valence-electron chi connectivity index (χ3n) is 4.54. The second-order valence-electron chi connectivity index (χ2n) is 6.35. The van der Waals surface area contributed by atoms with Crippen LogP contribution >= 0.6 is 11.6 Å². The van der Waals surface area contributed by atoms with Gasteiger partial charge in [-0.2, -0.15) is 0 Å². The minimum atomic E-state index is -0.585. The summed E-state index contributed by atoms with van der Waals surface area (Å²) in [5.41, 5.74) is 6.57. The highest BCUT2D eigenvalue weighted by Crippen LogP contribution is 2.29. The first-order chi connectivity index (χ1) is 13.5. The van der Waals surface area contributed by atoms with E-state index in [0.717, 1.165) is 5.69 Å². The summed E-state index contributed by atoms with van der Waals surface area (Å²) in [6, 6.07) is 12.6. The zero-order valence-corrected chi connectivity index (χ0v) is 16.3. The number of hydrogen-bond donors (Lipinski definition) is 1. The highest BCUT2D eigenvalue weighted by molar-refractivity contribution is 6.33. The molecule has 8 heteroatoms. The highest BCUT2D eigenvalue weighted by Gasteiger charge is 2.24. The Bertz CT molecular complexity index is 866. The number of nitrogens with two attached hydrogens (primary N) is 1. The average molecular weight is 404 g/mol. The van der Waals surface area contributed by atoms with E-state index in [9.17, 15) is 9.59 Å². The quantitative estimate of drug-likeness (QED) is 0.799. The zero-order valence-electron chi connectivity index (χ0n) is 15.6. The molecule has 148 valence electrons. The number of piperazine rings is 1. The summed E-state index contributed by atoms with van der Waals surface area (Å²) in [5.74, 6) is 0.0698. The maximum atomic E-state index is 12.9.